The van der Waals surface area contributed by atoms with Gasteiger partial charge in [-0.25, -0.2) is 4.98 Å². The van der Waals surface area contributed by atoms with Crippen LogP contribution in [0.25, 0.3) is 0 Å². The van der Waals surface area contributed by atoms with Crippen molar-refractivity contribution < 1.29 is 9.59 Å². The Kier molecular flexibility index (Phi) is 5.20. The molecule has 0 saturated carbocycles. The summed E-state index contributed by atoms with van der Waals surface area (Å²) in [6, 6.07) is 7.79. The summed E-state index contributed by atoms with van der Waals surface area (Å²) in [7, 11) is 0. The van der Waals surface area contributed by atoms with E-state index in [9.17, 15) is 9.59 Å². The predicted molar refractivity (Wildman–Crippen MR) is 89.1 cm³/mol. The van der Waals surface area contributed by atoms with Crippen molar-refractivity contribution in [2.24, 2.45) is 0 Å². The number of nitrogens with zero attached hydrogens (tertiary/aromatic N) is 4. The first-order valence-electron chi connectivity index (χ1n) is 8.21. The van der Waals surface area contributed by atoms with Crippen molar-refractivity contribution in [3.63, 3.8) is 0 Å². The van der Waals surface area contributed by atoms with Crippen LogP contribution < -0.4 is 10.2 Å². The molecule has 7 nitrogen and oxygen atoms in total. The predicted octanol–water partition coefficient (Wildman–Crippen LogP) is 1.50. The van der Waals surface area contributed by atoms with E-state index in [0.717, 1.165) is 30.6 Å². The van der Waals surface area contributed by atoms with E-state index in [1.165, 1.54) is 6.33 Å². The van der Waals surface area contributed by atoms with Crippen molar-refractivity contribution in [3.05, 3.63) is 42.5 Å². The van der Waals surface area contributed by atoms with E-state index in [1.54, 1.807) is 11.0 Å². The third-order valence-electron chi connectivity index (χ3n) is 4.07. The number of carbonyl (C=O) groups is 2. The Bertz CT molecular complexity index is 682. The highest BCUT2D eigenvalue weighted by Crippen LogP contribution is 2.21. The average molecular weight is 327 g/mol. The minimum atomic E-state index is 0.0221. The van der Waals surface area contributed by atoms with E-state index in [1.807, 2.05) is 29.2 Å². The molecule has 0 unspecified atom stereocenters. The fourth-order valence-corrected chi connectivity index (χ4v) is 2.75. The molecule has 24 heavy (non-hydrogen) atoms. The molecule has 1 aliphatic rings. The number of hydrogen-bond acceptors (Lipinski definition) is 4. The lowest BCUT2D eigenvalue weighted by atomic mass is 10.2. The lowest BCUT2D eigenvalue weighted by Gasteiger charge is -2.16. The van der Waals surface area contributed by atoms with Crippen LogP contribution in [0, 0.1) is 0 Å². The first-order chi connectivity index (χ1) is 11.7. The van der Waals surface area contributed by atoms with E-state index in [2.05, 4.69) is 15.4 Å². The van der Waals surface area contributed by atoms with Gasteiger partial charge in [-0.05, 0) is 30.5 Å². The summed E-state index contributed by atoms with van der Waals surface area (Å²) in [4.78, 5) is 29.2. The van der Waals surface area contributed by atoms with Crippen LogP contribution in [0.4, 0.5) is 5.69 Å². The maximum absolute atomic E-state index is 11.9. The van der Waals surface area contributed by atoms with Gasteiger partial charge < -0.3 is 10.2 Å². The van der Waals surface area contributed by atoms with Gasteiger partial charge in [0.2, 0.25) is 11.8 Å². The van der Waals surface area contributed by atoms with Crippen LogP contribution in [0.5, 0.6) is 0 Å². The molecule has 1 aliphatic heterocycles. The molecule has 2 amide bonds. The normalized spacial score (nSPS) is 14.2. The highest BCUT2D eigenvalue weighted by molar-refractivity contribution is 5.95. The van der Waals surface area contributed by atoms with Crippen LogP contribution in [0.3, 0.4) is 0 Å². The maximum Gasteiger partial charge on any atom is 0.227 e. The molecule has 0 aliphatic carbocycles. The van der Waals surface area contributed by atoms with Crippen molar-refractivity contribution >= 4 is 17.5 Å². The third kappa shape index (κ3) is 4.18. The Morgan fingerprint density at radius 2 is 2.08 bits per heavy atom. The molecule has 0 radical (unpaired) electrons. The fourth-order valence-electron chi connectivity index (χ4n) is 2.75. The Hall–Kier alpha value is -2.70. The number of amides is 2. The van der Waals surface area contributed by atoms with E-state index in [4.69, 9.17) is 0 Å². The molecule has 1 aromatic heterocycles. The van der Waals surface area contributed by atoms with E-state index >= 15 is 0 Å². The van der Waals surface area contributed by atoms with Crippen molar-refractivity contribution in [2.75, 3.05) is 11.4 Å². The molecule has 126 valence electrons. The van der Waals surface area contributed by atoms with Crippen molar-refractivity contribution in [1.82, 2.24) is 20.1 Å². The number of rotatable bonds is 7. The zero-order valence-corrected chi connectivity index (χ0v) is 13.5. The number of benzene rings is 1. The maximum atomic E-state index is 11.9. The summed E-state index contributed by atoms with van der Waals surface area (Å²) >= 11 is 0. The number of anilines is 1. The zero-order chi connectivity index (χ0) is 16.8. The standard InChI is InChI=1S/C17H21N5O2/c23-16(3-1-9-21-13-18-12-20-21)19-11-14-5-7-15(8-6-14)22-10-2-4-17(22)24/h5-8,12-13H,1-4,9-11H2,(H,19,23). The smallest absolute Gasteiger partial charge is 0.227 e. The molecule has 1 fully saturated rings. The molecular weight excluding hydrogens is 306 g/mol. The number of nitrogens with one attached hydrogen (secondary N) is 1. The molecule has 2 aromatic rings. The van der Waals surface area contributed by atoms with E-state index in [0.29, 0.717) is 25.9 Å². The van der Waals surface area contributed by atoms with Gasteiger partial charge in [-0.2, -0.15) is 5.10 Å². The third-order valence-corrected chi connectivity index (χ3v) is 4.07. The van der Waals surface area contributed by atoms with Crippen LogP contribution in [-0.4, -0.2) is 33.1 Å². The topological polar surface area (TPSA) is 80.1 Å². The summed E-state index contributed by atoms with van der Waals surface area (Å²) < 4.78 is 1.71. The molecule has 1 N–H and O–H groups in total. The molecule has 1 aromatic carbocycles. The Morgan fingerprint density at radius 3 is 2.75 bits per heavy atom. The number of hydrogen-bond donors (Lipinski definition) is 1. The summed E-state index contributed by atoms with van der Waals surface area (Å²) in [6.07, 6.45) is 5.87. The average Bonchev–Trinajstić information content (AvgIpc) is 3.25. The van der Waals surface area contributed by atoms with Crippen molar-refractivity contribution in [3.8, 4) is 0 Å². The fraction of sp³-hybridized carbons (Fsp3) is 0.412. The highest BCUT2D eigenvalue weighted by Gasteiger charge is 2.21. The SMILES string of the molecule is O=C(CCCn1cncn1)NCc1ccc(N2CCCC2=O)cc1. The minimum Gasteiger partial charge on any atom is -0.352 e. The second-order valence-electron chi connectivity index (χ2n) is 5.85. The van der Waals surface area contributed by atoms with Crippen LogP contribution in [-0.2, 0) is 22.7 Å². The Balaban J connectivity index is 1.41. The molecule has 0 spiro atoms. The van der Waals surface area contributed by atoms with Gasteiger partial charge in [0.15, 0.2) is 0 Å². The van der Waals surface area contributed by atoms with E-state index in [-0.39, 0.29) is 11.8 Å². The van der Waals surface area contributed by atoms with Gasteiger partial charge in [0.25, 0.3) is 0 Å². The molecule has 2 heterocycles. The lowest BCUT2D eigenvalue weighted by Crippen LogP contribution is -2.24. The monoisotopic (exact) mass is 327 g/mol. The Labute approximate surface area is 140 Å². The second kappa shape index (κ2) is 7.72. The molecule has 7 heteroatoms. The molecule has 0 atom stereocenters. The number of carbonyl (C=O) groups excluding carboxylic acids is 2. The van der Waals surface area contributed by atoms with Crippen LogP contribution >= 0.6 is 0 Å². The first-order valence-corrected chi connectivity index (χ1v) is 8.21. The van der Waals surface area contributed by atoms with Gasteiger partial charge >= 0.3 is 0 Å². The molecule has 3 rings (SSSR count). The first kappa shape index (κ1) is 16.2. The number of aromatic nitrogens is 3. The highest BCUT2D eigenvalue weighted by atomic mass is 16.2. The molecule has 1 saturated heterocycles. The summed E-state index contributed by atoms with van der Waals surface area (Å²) in [5.41, 5.74) is 1.95. The van der Waals surface area contributed by atoms with Crippen LogP contribution in [0.1, 0.15) is 31.2 Å². The van der Waals surface area contributed by atoms with Crippen molar-refractivity contribution in [1.29, 1.82) is 0 Å². The minimum absolute atomic E-state index is 0.0221. The largest absolute Gasteiger partial charge is 0.352 e. The quantitative estimate of drug-likeness (QED) is 0.836. The van der Waals surface area contributed by atoms with Gasteiger partial charge in [-0.15, -0.1) is 0 Å². The van der Waals surface area contributed by atoms with Gasteiger partial charge in [0.05, 0.1) is 0 Å². The van der Waals surface area contributed by atoms with E-state index < -0.39 is 0 Å². The summed E-state index contributed by atoms with van der Waals surface area (Å²) in [5, 5.41) is 6.91. The van der Waals surface area contributed by atoms with Gasteiger partial charge in [-0.1, -0.05) is 12.1 Å². The second-order valence-corrected chi connectivity index (χ2v) is 5.85. The van der Waals surface area contributed by atoms with Crippen molar-refractivity contribution in [2.45, 2.75) is 38.8 Å². The zero-order valence-electron chi connectivity index (χ0n) is 13.5. The van der Waals surface area contributed by atoms with Gasteiger partial charge in [0.1, 0.15) is 12.7 Å². The van der Waals surface area contributed by atoms with Crippen LogP contribution in [0.15, 0.2) is 36.9 Å². The van der Waals surface area contributed by atoms with Gasteiger partial charge in [0, 0.05) is 38.2 Å². The summed E-state index contributed by atoms with van der Waals surface area (Å²) in [6.45, 7) is 1.98. The number of aryl methyl sites for hydroxylation is 1. The summed E-state index contributed by atoms with van der Waals surface area (Å²) in [5.74, 6) is 0.206. The van der Waals surface area contributed by atoms with Crippen LogP contribution in [0.2, 0.25) is 0 Å². The van der Waals surface area contributed by atoms with Gasteiger partial charge in [-0.3, -0.25) is 14.3 Å². The molecular formula is C17H21N5O2. The lowest BCUT2D eigenvalue weighted by molar-refractivity contribution is -0.121. The molecule has 0 bridgehead atoms. The Morgan fingerprint density at radius 1 is 1.25 bits per heavy atom.